The van der Waals surface area contributed by atoms with Crippen molar-refractivity contribution in [3.63, 3.8) is 0 Å². The molecule has 4 rings (SSSR count). The number of hydrogen-bond donors (Lipinski definition) is 2. The number of nitrogens with zero attached hydrogens (tertiary/aromatic N) is 3. The highest BCUT2D eigenvalue weighted by molar-refractivity contribution is 14.0. The Morgan fingerprint density at radius 2 is 1.90 bits per heavy atom. The molecule has 0 amide bonds. The summed E-state index contributed by atoms with van der Waals surface area (Å²) in [5, 5.41) is 6.93. The van der Waals surface area contributed by atoms with Gasteiger partial charge in [-0.15, -0.1) is 24.0 Å². The molecular formula is C24H34IN5O. The molecule has 1 unspecified atom stereocenters. The number of aliphatic imine (C=N–C) groups is 1. The van der Waals surface area contributed by atoms with Gasteiger partial charge in [-0.25, -0.2) is 4.99 Å². The minimum Gasteiger partial charge on any atom is -0.468 e. The molecule has 1 aromatic heterocycles. The molecule has 0 spiro atoms. The van der Waals surface area contributed by atoms with Crippen LogP contribution in [0.25, 0.3) is 0 Å². The van der Waals surface area contributed by atoms with Gasteiger partial charge in [0.15, 0.2) is 5.96 Å². The zero-order chi connectivity index (χ0) is 20.6. The lowest BCUT2D eigenvalue weighted by molar-refractivity contribution is 0.215. The van der Waals surface area contributed by atoms with Crippen molar-refractivity contribution in [2.24, 2.45) is 4.99 Å². The van der Waals surface area contributed by atoms with E-state index in [2.05, 4.69) is 69.8 Å². The van der Waals surface area contributed by atoms with Crippen LogP contribution in [-0.4, -0.2) is 50.1 Å². The summed E-state index contributed by atoms with van der Waals surface area (Å²) in [6, 6.07) is 13.0. The molecule has 2 N–H and O–H groups in total. The number of guanidine groups is 1. The SMILES string of the molecule is CCNC(=NCc1cccc(N2CC=CC2)c1)NCC(c1ccco1)N1CCCC1.I. The summed E-state index contributed by atoms with van der Waals surface area (Å²) in [5.41, 5.74) is 2.48. The highest BCUT2D eigenvalue weighted by Crippen LogP contribution is 2.25. The van der Waals surface area contributed by atoms with Crippen molar-refractivity contribution in [3.05, 3.63) is 66.1 Å². The van der Waals surface area contributed by atoms with Gasteiger partial charge in [0.05, 0.1) is 18.8 Å². The lowest BCUT2D eigenvalue weighted by Crippen LogP contribution is -2.42. The minimum absolute atomic E-state index is 0. The fourth-order valence-corrected chi connectivity index (χ4v) is 4.19. The standard InChI is InChI=1S/C24H33N5O.HI/c1-2-25-24(26-18-20-9-7-10-21(17-20)28-12-3-4-13-28)27-19-22(23-11-8-16-30-23)29-14-5-6-15-29;/h3-4,7-11,16-17,22H,2,5-6,12-15,18-19H2,1H3,(H2,25,26,27);1H. The van der Waals surface area contributed by atoms with Gasteiger partial charge in [-0.3, -0.25) is 4.90 Å². The van der Waals surface area contributed by atoms with Crippen molar-refractivity contribution in [2.75, 3.05) is 44.2 Å². The third-order valence-corrected chi connectivity index (χ3v) is 5.77. The van der Waals surface area contributed by atoms with Gasteiger partial charge >= 0.3 is 0 Å². The maximum absolute atomic E-state index is 5.74. The average molecular weight is 535 g/mol. The van der Waals surface area contributed by atoms with Crippen molar-refractivity contribution in [1.82, 2.24) is 15.5 Å². The largest absolute Gasteiger partial charge is 0.468 e. The Labute approximate surface area is 202 Å². The van der Waals surface area contributed by atoms with E-state index in [9.17, 15) is 0 Å². The van der Waals surface area contributed by atoms with Crippen molar-refractivity contribution < 1.29 is 4.42 Å². The Hall–Kier alpha value is -2.00. The number of hydrogen-bond acceptors (Lipinski definition) is 4. The van der Waals surface area contributed by atoms with E-state index < -0.39 is 0 Å². The van der Waals surface area contributed by atoms with E-state index in [1.807, 2.05) is 6.07 Å². The number of likely N-dealkylation sites (tertiary alicyclic amines) is 1. The Balaban J connectivity index is 0.00000272. The van der Waals surface area contributed by atoms with Crippen LogP contribution in [0, 0.1) is 0 Å². The fourth-order valence-electron chi connectivity index (χ4n) is 4.19. The molecule has 7 heteroatoms. The summed E-state index contributed by atoms with van der Waals surface area (Å²) in [6.45, 7) is 8.59. The van der Waals surface area contributed by atoms with E-state index in [4.69, 9.17) is 9.41 Å². The predicted molar refractivity (Wildman–Crippen MR) is 138 cm³/mol. The molecule has 0 aliphatic carbocycles. The lowest BCUT2D eigenvalue weighted by Gasteiger charge is -2.26. The van der Waals surface area contributed by atoms with Gasteiger partial charge in [-0.05, 0) is 62.7 Å². The minimum atomic E-state index is 0. The lowest BCUT2D eigenvalue weighted by atomic mass is 10.2. The van der Waals surface area contributed by atoms with Gasteiger partial charge in [0.25, 0.3) is 0 Å². The van der Waals surface area contributed by atoms with Crippen LogP contribution in [-0.2, 0) is 6.54 Å². The number of halogens is 1. The van der Waals surface area contributed by atoms with Crippen molar-refractivity contribution in [3.8, 4) is 0 Å². The highest BCUT2D eigenvalue weighted by atomic mass is 127. The highest BCUT2D eigenvalue weighted by Gasteiger charge is 2.25. The Morgan fingerprint density at radius 1 is 1.10 bits per heavy atom. The second kappa shape index (κ2) is 12.1. The quantitative estimate of drug-likeness (QED) is 0.230. The first-order valence-electron chi connectivity index (χ1n) is 11.1. The molecular weight excluding hydrogens is 501 g/mol. The van der Waals surface area contributed by atoms with E-state index in [1.165, 1.54) is 24.1 Å². The summed E-state index contributed by atoms with van der Waals surface area (Å²) < 4.78 is 5.74. The van der Waals surface area contributed by atoms with Crippen LogP contribution in [0.5, 0.6) is 0 Å². The molecule has 2 aromatic rings. The molecule has 1 fully saturated rings. The molecule has 1 aromatic carbocycles. The molecule has 6 nitrogen and oxygen atoms in total. The maximum Gasteiger partial charge on any atom is 0.191 e. The third-order valence-electron chi connectivity index (χ3n) is 5.77. The van der Waals surface area contributed by atoms with Crippen LogP contribution in [0.15, 0.2) is 64.2 Å². The summed E-state index contributed by atoms with van der Waals surface area (Å²) in [6.07, 6.45) is 8.71. The molecule has 1 atom stereocenters. The smallest absolute Gasteiger partial charge is 0.191 e. The molecule has 0 radical (unpaired) electrons. The molecule has 1 saturated heterocycles. The monoisotopic (exact) mass is 535 g/mol. The summed E-state index contributed by atoms with van der Waals surface area (Å²) >= 11 is 0. The molecule has 0 saturated carbocycles. The molecule has 3 heterocycles. The summed E-state index contributed by atoms with van der Waals surface area (Å²) in [5.74, 6) is 1.87. The van der Waals surface area contributed by atoms with Gasteiger partial charge < -0.3 is 20.0 Å². The Kier molecular flexibility index (Phi) is 9.27. The number of anilines is 1. The van der Waals surface area contributed by atoms with E-state index >= 15 is 0 Å². The van der Waals surface area contributed by atoms with Crippen LogP contribution in [0.1, 0.15) is 37.1 Å². The first-order valence-corrected chi connectivity index (χ1v) is 11.1. The molecule has 31 heavy (non-hydrogen) atoms. The second-order valence-electron chi connectivity index (χ2n) is 7.90. The van der Waals surface area contributed by atoms with Gasteiger partial charge in [-0.2, -0.15) is 0 Å². The van der Waals surface area contributed by atoms with E-state index in [0.717, 1.165) is 51.0 Å². The molecule has 168 valence electrons. The van der Waals surface area contributed by atoms with E-state index in [1.54, 1.807) is 6.26 Å². The van der Waals surface area contributed by atoms with Crippen LogP contribution in [0.3, 0.4) is 0 Å². The second-order valence-corrected chi connectivity index (χ2v) is 7.90. The van der Waals surface area contributed by atoms with Gasteiger partial charge in [0.1, 0.15) is 5.76 Å². The first kappa shape index (κ1) is 23.7. The van der Waals surface area contributed by atoms with Crippen molar-refractivity contribution in [2.45, 2.75) is 32.4 Å². The normalized spacial score (nSPS) is 17.6. The number of rotatable bonds is 8. The third kappa shape index (κ3) is 6.49. The number of benzene rings is 1. The molecule has 0 bridgehead atoms. The molecule has 2 aliphatic heterocycles. The number of furan rings is 1. The van der Waals surface area contributed by atoms with E-state index in [-0.39, 0.29) is 30.0 Å². The van der Waals surface area contributed by atoms with Crippen LogP contribution in [0.4, 0.5) is 5.69 Å². The van der Waals surface area contributed by atoms with Gasteiger partial charge in [-0.1, -0.05) is 24.3 Å². The first-order chi connectivity index (χ1) is 14.8. The van der Waals surface area contributed by atoms with Crippen molar-refractivity contribution in [1.29, 1.82) is 0 Å². The average Bonchev–Trinajstić information content (AvgIpc) is 3.56. The van der Waals surface area contributed by atoms with Crippen LogP contribution in [0.2, 0.25) is 0 Å². The number of nitrogens with one attached hydrogen (secondary N) is 2. The Bertz CT molecular complexity index is 837. The zero-order valence-electron chi connectivity index (χ0n) is 18.3. The summed E-state index contributed by atoms with van der Waals surface area (Å²) in [4.78, 5) is 9.71. The van der Waals surface area contributed by atoms with Crippen LogP contribution >= 0.6 is 24.0 Å². The fraction of sp³-hybridized carbons (Fsp3) is 0.458. The Morgan fingerprint density at radius 3 is 2.61 bits per heavy atom. The maximum atomic E-state index is 5.74. The van der Waals surface area contributed by atoms with Gasteiger partial charge in [0.2, 0.25) is 0 Å². The van der Waals surface area contributed by atoms with E-state index in [0.29, 0.717) is 6.54 Å². The zero-order valence-corrected chi connectivity index (χ0v) is 20.6. The van der Waals surface area contributed by atoms with Gasteiger partial charge in [0, 0.05) is 31.9 Å². The van der Waals surface area contributed by atoms with Crippen molar-refractivity contribution >= 4 is 35.6 Å². The summed E-state index contributed by atoms with van der Waals surface area (Å²) in [7, 11) is 0. The predicted octanol–water partition coefficient (Wildman–Crippen LogP) is 4.17. The topological polar surface area (TPSA) is 56.0 Å². The van der Waals surface area contributed by atoms with Crippen LogP contribution < -0.4 is 15.5 Å². The molecule has 2 aliphatic rings.